The largest absolute Gasteiger partial charge is 0.481 e. The van der Waals surface area contributed by atoms with E-state index in [0.29, 0.717) is 19.3 Å². The molecule has 0 bridgehead atoms. The van der Waals surface area contributed by atoms with Crippen LogP contribution in [0.4, 0.5) is 0 Å². The van der Waals surface area contributed by atoms with E-state index in [1.807, 2.05) is 44.2 Å². The number of carbonyl (C=O) groups excluding carboxylic acids is 1. The molecule has 0 spiro atoms. The second-order valence-electron chi connectivity index (χ2n) is 6.28. The van der Waals surface area contributed by atoms with E-state index >= 15 is 0 Å². The van der Waals surface area contributed by atoms with Gasteiger partial charge in [0.2, 0.25) is 0 Å². The number of carbonyl (C=O) groups is 3. The molecule has 0 aliphatic rings. The van der Waals surface area contributed by atoms with E-state index in [2.05, 4.69) is 0 Å². The molecular weight excluding hydrogens is 296 g/mol. The predicted molar refractivity (Wildman–Crippen MR) is 86.1 cm³/mol. The van der Waals surface area contributed by atoms with Crippen LogP contribution < -0.4 is 0 Å². The van der Waals surface area contributed by atoms with Crippen LogP contribution in [0.25, 0.3) is 0 Å². The lowest BCUT2D eigenvalue weighted by molar-refractivity contribution is -0.157. The Bertz CT molecular complexity index is 522. The van der Waals surface area contributed by atoms with Crippen molar-refractivity contribution < 1.29 is 24.6 Å². The number of hydrogen-bond donors (Lipinski definition) is 2. The molecule has 23 heavy (non-hydrogen) atoms. The summed E-state index contributed by atoms with van der Waals surface area (Å²) in [6.07, 6.45) is 1.25. The normalized spacial score (nSPS) is 12.3. The number of aliphatic carboxylic acids is 2. The summed E-state index contributed by atoms with van der Waals surface area (Å²) in [5.41, 5.74) is 1.00. The summed E-state index contributed by atoms with van der Waals surface area (Å²) < 4.78 is 0. The van der Waals surface area contributed by atoms with Gasteiger partial charge in [-0.05, 0) is 30.2 Å². The molecular formula is C18H24O5. The fourth-order valence-corrected chi connectivity index (χ4v) is 2.72. The molecule has 0 aliphatic heterocycles. The Hall–Kier alpha value is -2.17. The minimum Gasteiger partial charge on any atom is -0.481 e. The van der Waals surface area contributed by atoms with Crippen molar-refractivity contribution in [2.45, 2.75) is 39.5 Å². The molecule has 0 saturated carbocycles. The summed E-state index contributed by atoms with van der Waals surface area (Å²) in [5, 5.41) is 18.4. The number of Topliss-reactive ketones (excluding diaryl/α,β-unsaturated/α-hetero) is 1. The summed E-state index contributed by atoms with van der Waals surface area (Å²) in [6.45, 7) is 3.81. The molecule has 0 heterocycles. The van der Waals surface area contributed by atoms with Gasteiger partial charge in [0.25, 0.3) is 0 Å². The molecule has 5 nitrogen and oxygen atoms in total. The Balaban J connectivity index is 2.84. The van der Waals surface area contributed by atoms with E-state index in [1.165, 1.54) is 0 Å². The molecule has 1 unspecified atom stereocenters. The van der Waals surface area contributed by atoms with Crippen LogP contribution in [0.3, 0.4) is 0 Å². The van der Waals surface area contributed by atoms with Crippen molar-refractivity contribution in [3.05, 3.63) is 35.9 Å². The molecule has 1 atom stereocenters. The molecule has 0 radical (unpaired) electrons. The minimum absolute atomic E-state index is 0.00567. The van der Waals surface area contributed by atoms with Crippen molar-refractivity contribution in [3.63, 3.8) is 0 Å². The van der Waals surface area contributed by atoms with Gasteiger partial charge in [0.15, 0.2) is 5.92 Å². The van der Waals surface area contributed by atoms with Gasteiger partial charge in [-0.3, -0.25) is 14.4 Å². The van der Waals surface area contributed by atoms with E-state index in [4.69, 9.17) is 0 Å². The third-order valence-corrected chi connectivity index (χ3v) is 3.78. The van der Waals surface area contributed by atoms with Crippen molar-refractivity contribution >= 4 is 17.7 Å². The van der Waals surface area contributed by atoms with Crippen molar-refractivity contribution in [2.75, 3.05) is 0 Å². The zero-order valence-corrected chi connectivity index (χ0v) is 13.6. The Kier molecular flexibility index (Phi) is 7.45. The number of ketones is 1. The van der Waals surface area contributed by atoms with Gasteiger partial charge in [-0.2, -0.15) is 0 Å². The van der Waals surface area contributed by atoms with E-state index in [9.17, 15) is 24.6 Å². The van der Waals surface area contributed by atoms with Crippen LogP contribution in [0.2, 0.25) is 0 Å². The fraction of sp³-hybridized carbons (Fsp3) is 0.500. The predicted octanol–water partition coefficient (Wildman–Crippen LogP) is 3.03. The maximum Gasteiger partial charge on any atom is 0.318 e. The molecule has 0 amide bonds. The SMILES string of the molecule is CC(C)CC(=O)CC(CCc1ccccc1)C(C(=O)O)C(=O)O. The number of carboxylic acid groups (broad SMARTS) is 2. The fourth-order valence-electron chi connectivity index (χ4n) is 2.72. The molecule has 126 valence electrons. The average Bonchev–Trinajstić information content (AvgIpc) is 2.44. The number of rotatable bonds is 10. The molecule has 0 aliphatic carbocycles. The lowest BCUT2D eigenvalue weighted by Gasteiger charge is -2.21. The van der Waals surface area contributed by atoms with E-state index in [-0.39, 0.29) is 18.1 Å². The number of benzene rings is 1. The summed E-state index contributed by atoms with van der Waals surface area (Å²) in [4.78, 5) is 34.6. The highest BCUT2D eigenvalue weighted by Gasteiger charge is 2.35. The standard InChI is InChI=1S/C18H24O5/c1-12(2)10-15(19)11-14(16(17(20)21)18(22)23)9-8-13-6-4-3-5-7-13/h3-7,12,14,16H,8-11H2,1-2H3,(H,20,21)(H,22,23). The highest BCUT2D eigenvalue weighted by atomic mass is 16.4. The first-order valence-electron chi connectivity index (χ1n) is 7.82. The molecule has 5 heteroatoms. The molecule has 1 rings (SSSR count). The van der Waals surface area contributed by atoms with E-state index < -0.39 is 23.8 Å². The van der Waals surface area contributed by atoms with Crippen LogP contribution in [0.5, 0.6) is 0 Å². The van der Waals surface area contributed by atoms with Crippen LogP contribution in [0.1, 0.15) is 38.7 Å². The Morgan fingerprint density at radius 3 is 2.00 bits per heavy atom. The Labute approximate surface area is 136 Å². The van der Waals surface area contributed by atoms with E-state index in [0.717, 1.165) is 5.56 Å². The first-order valence-corrected chi connectivity index (χ1v) is 7.82. The van der Waals surface area contributed by atoms with Gasteiger partial charge in [0, 0.05) is 12.8 Å². The maximum atomic E-state index is 12.0. The zero-order valence-electron chi connectivity index (χ0n) is 13.6. The highest BCUT2D eigenvalue weighted by Crippen LogP contribution is 2.25. The van der Waals surface area contributed by atoms with Crippen LogP contribution in [0, 0.1) is 17.8 Å². The van der Waals surface area contributed by atoms with Gasteiger partial charge in [-0.25, -0.2) is 0 Å². The molecule has 2 N–H and O–H groups in total. The van der Waals surface area contributed by atoms with Crippen molar-refractivity contribution in [1.29, 1.82) is 0 Å². The van der Waals surface area contributed by atoms with Crippen LogP contribution >= 0.6 is 0 Å². The topological polar surface area (TPSA) is 91.7 Å². The van der Waals surface area contributed by atoms with Crippen LogP contribution in [0.15, 0.2) is 30.3 Å². The van der Waals surface area contributed by atoms with Crippen molar-refractivity contribution in [3.8, 4) is 0 Å². The van der Waals surface area contributed by atoms with Crippen molar-refractivity contribution in [2.24, 2.45) is 17.8 Å². The third kappa shape index (κ3) is 6.63. The zero-order chi connectivity index (χ0) is 17.4. The van der Waals surface area contributed by atoms with Crippen LogP contribution in [-0.2, 0) is 20.8 Å². The highest BCUT2D eigenvalue weighted by molar-refractivity contribution is 5.94. The van der Waals surface area contributed by atoms with Gasteiger partial charge in [0.05, 0.1) is 0 Å². The smallest absolute Gasteiger partial charge is 0.318 e. The van der Waals surface area contributed by atoms with Gasteiger partial charge in [-0.15, -0.1) is 0 Å². The second kappa shape index (κ2) is 9.08. The first kappa shape index (κ1) is 18.9. The molecule has 1 aromatic carbocycles. The van der Waals surface area contributed by atoms with Gasteiger partial charge >= 0.3 is 11.9 Å². The number of carboxylic acids is 2. The van der Waals surface area contributed by atoms with Gasteiger partial charge in [-0.1, -0.05) is 44.2 Å². The average molecular weight is 320 g/mol. The third-order valence-electron chi connectivity index (χ3n) is 3.78. The molecule has 1 aromatic rings. The second-order valence-corrected chi connectivity index (χ2v) is 6.28. The lowest BCUT2D eigenvalue weighted by atomic mass is 9.82. The summed E-state index contributed by atoms with van der Waals surface area (Å²) in [5.74, 6) is -4.91. The minimum atomic E-state index is -1.55. The maximum absolute atomic E-state index is 12.0. The lowest BCUT2D eigenvalue weighted by Crippen LogP contribution is -2.33. The quantitative estimate of drug-likeness (QED) is 0.647. The summed E-state index contributed by atoms with van der Waals surface area (Å²) >= 11 is 0. The molecule has 0 aromatic heterocycles. The number of aryl methyl sites for hydroxylation is 1. The van der Waals surface area contributed by atoms with Gasteiger partial charge in [0.1, 0.15) is 5.78 Å². The van der Waals surface area contributed by atoms with E-state index in [1.54, 1.807) is 0 Å². The monoisotopic (exact) mass is 320 g/mol. The molecule has 0 saturated heterocycles. The number of hydrogen-bond acceptors (Lipinski definition) is 3. The first-order chi connectivity index (χ1) is 10.8. The van der Waals surface area contributed by atoms with Crippen molar-refractivity contribution in [1.82, 2.24) is 0 Å². The van der Waals surface area contributed by atoms with Gasteiger partial charge < -0.3 is 10.2 Å². The van der Waals surface area contributed by atoms with Crippen LogP contribution in [-0.4, -0.2) is 27.9 Å². The summed E-state index contributed by atoms with van der Waals surface area (Å²) in [7, 11) is 0. The summed E-state index contributed by atoms with van der Waals surface area (Å²) in [6, 6.07) is 9.44. The Morgan fingerprint density at radius 2 is 1.52 bits per heavy atom. The Morgan fingerprint density at radius 1 is 0.957 bits per heavy atom. The molecule has 0 fully saturated rings.